The Hall–Kier alpha value is 4.41. The van der Waals surface area contributed by atoms with E-state index in [1.165, 1.54) is 0 Å². The third kappa shape index (κ3) is 37.9. The molecule has 0 aromatic rings. The maximum absolute atomic E-state index is 8.58. The normalized spacial score (nSPS) is 3.71. The molecule has 0 aromatic heterocycles. The Morgan fingerprint density at radius 2 is 1.29 bits per heavy atom. The summed E-state index contributed by atoms with van der Waals surface area (Å²) >= 11 is -4.08. The van der Waals surface area contributed by atoms with Crippen LogP contribution in [0, 0.1) is 0 Å². The molecule has 0 N–H and O–H groups in total. The molecular formula is H4BaO3PbSrTi. The summed E-state index contributed by atoms with van der Waals surface area (Å²) in [5.41, 5.74) is 0. The van der Waals surface area contributed by atoms with Crippen LogP contribution in [-0.2, 0) is 21.9 Å². The van der Waals surface area contributed by atoms with Crippen LogP contribution >= 0.6 is 0 Å². The fourth-order valence-electron chi connectivity index (χ4n) is 0. The zero-order valence-electron chi connectivity index (χ0n) is 2.22. The fraction of sp³-hybridized carbons (Fsp3) is 0. The molecule has 0 spiro atoms. The van der Waals surface area contributed by atoms with Crippen molar-refractivity contribution < 1.29 is 29.3 Å². The Morgan fingerprint density at radius 3 is 1.29 bits per heavy atom. The SMILES string of the molecule is [BaH2].[O]=[Ti]([O-])[O-].[Pb+2].[SrH2]. The summed E-state index contributed by atoms with van der Waals surface area (Å²) in [6.07, 6.45) is 0. The monoisotopic (exact) mass is 534 g/mol. The van der Waals surface area contributed by atoms with E-state index in [-0.39, 0.29) is 122 Å². The van der Waals surface area contributed by atoms with Crippen molar-refractivity contribution in [2.45, 2.75) is 0 Å². The summed E-state index contributed by atoms with van der Waals surface area (Å²) in [6, 6.07) is 0. The molecule has 7 heteroatoms. The van der Waals surface area contributed by atoms with Gasteiger partial charge in [0.2, 0.25) is 0 Å². The summed E-state index contributed by atoms with van der Waals surface area (Å²) in [4.78, 5) is 0. The van der Waals surface area contributed by atoms with Gasteiger partial charge in [-0.25, -0.2) is 0 Å². The average molecular weight is 532 g/mol. The first-order valence-corrected chi connectivity index (χ1v) is 2.52. The molecule has 0 aromatic carbocycles. The van der Waals surface area contributed by atoms with Gasteiger partial charge in [-0.05, 0) is 0 Å². The minimum atomic E-state index is -4.08. The second-order valence-electron chi connectivity index (χ2n) is 0.250. The van der Waals surface area contributed by atoms with Gasteiger partial charge < -0.3 is 0 Å². The molecule has 7 heavy (non-hydrogen) atoms. The first-order valence-electron chi connectivity index (χ1n) is 0.612. The van der Waals surface area contributed by atoms with Crippen LogP contribution in [-0.4, -0.2) is 122 Å². The summed E-state index contributed by atoms with van der Waals surface area (Å²) in [5, 5.41) is 0. The number of hydrogen-bond acceptors (Lipinski definition) is 3. The van der Waals surface area contributed by atoms with Gasteiger partial charge in [0.15, 0.2) is 0 Å². The molecule has 0 aliphatic carbocycles. The first-order chi connectivity index (χ1) is 1.73. The maximum atomic E-state index is 8.58. The second kappa shape index (κ2) is 16.8. The Labute approximate surface area is 146 Å². The van der Waals surface area contributed by atoms with E-state index in [0.717, 1.165) is 0 Å². The summed E-state index contributed by atoms with van der Waals surface area (Å²) in [6.45, 7) is 0. The summed E-state index contributed by atoms with van der Waals surface area (Å²) in [5.74, 6) is 0. The van der Waals surface area contributed by atoms with E-state index in [9.17, 15) is 0 Å². The Balaban J connectivity index is -0.0000000150. The molecule has 0 aliphatic rings. The predicted molar refractivity (Wildman–Crippen MR) is 23.5 cm³/mol. The minimum absolute atomic E-state index is 0. The van der Waals surface area contributed by atoms with Crippen LogP contribution < -0.4 is 7.38 Å². The summed E-state index contributed by atoms with van der Waals surface area (Å²) in [7, 11) is 0. The number of rotatable bonds is 0. The standard InChI is InChI=1S/Ba.3O.Pb.Sr.Ti.4H/q;;2*-1;+2;;;;;;. The van der Waals surface area contributed by atoms with Crippen molar-refractivity contribution in [1.82, 2.24) is 0 Å². The van der Waals surface area contributed by atoms with Gasteiger partial charge >= 0.3 is 151 Å². The Bertz CT molecular complexity index is 37.9. The van der Waals surface area contributed by atoms with Crippen molar-refractivity contribution in [2.75, 3.05) is 0 Å². The van der Waals surface area contributed by atoms with Gasteiger partial charge in [0, 0.05) is 0 Å². The molecular weight excluding hydrogens is 528 g/mol. The van der Waals surface area contributed by atoms with Gasteiger partial charge in [-0.2, -0.15) is 0 Å². The third-order valence-corrected chi connectivity index (χ3v) is 0. The van der Waals surface area contributed by atoms with Crippen molar-refractivity contribution in [3.05, 3.63) is 0 Å². The molecule has 0 saturated carbocycles. The van der Waals surface area contributed by atoms with Gasteiger partial charge in [0.1, 0.15) is 0 Å². The van der Waals surface area contributed by atoms with Gasteiger partial charge in [0.25, 0.3) is 0 Å². The Kier molecular flexibility index (Phi) is 54.0. The van der Waals surface area contributed by atoms with Crippen molar-refractivity contribution in [2.24, 2.45) is 0 Å². The second-order valence-corrected chi connectivity index (χ2v) is 1.03. The topological polar surface area (TPSA) is 63.2 Å². The fourth-order valence-corrected chi connectivity index (χ4v) is 0. The molecule has 34 valence electrons. The van der Waals surface area contributed by atoms with Crippen LogP contribution in [0.5, 0.6) is 0 Å². The van der Waals surface area contributed by atoms with Crippen LogP contribution in [0.2, 0.25) is 0 Å². The van der Waals surface area contributed by atoms with Crippen LogP contribution in [0.25, 0.3) is 0 Å². The van der Waals surface area contributed by atoms with Crippen molar-refractivity contribution in [3.63, 3.8) is 0 Å². The van der Waals surface area contributed by atoms with E-state index in [2.05, 4.69) is 0 Å². The van der Waals surface area contributed by atoms with Gasteiger partial charge in [0.05, 0.1) is 0 Å². The zero-order valence-corrected chi connectivity index (χ0v) is 7.67. The van der Waals surface area contributed by atoms with Crippen molar-refractivity contribution in [3.8, 4) is 0 Å². The van der Waals surface area contributed by atoms with E-state index < -0.39 is 18.6 Å². The molecule has 0 heterocycles. The zero-order chi connectivity index (χ0) is 3.58. The molecule has 0 rings (SSSR count). The van der Waals surface area contributed by atoms with Crippen molar-refractivity contribution >= 4 is 122 Å². The van der Waals surface area contributed by atoms with Crippen LogP contribution in [0.4, 0.5) is 0 Å². The predicted octanol–water partition coefficient (Wildman–Crippen LogP) is -4.71. The van der Waals surface area contributed by atoms with Gasteiger partial charge in [-0.3, -0.25) is 0 Å². The Morgan fingerprint density at radius 1 is 1.29 bits per heavy atom. The van der Waals surface area contributed by atoms with Crippen LogP contribution in [0.15, 0.2) is 0 Å². The molecule has 2 radical (unpaired) electrons. The van der Waals surface area contributed by atoms with E-state index in [0.29, 0.717) is 0 Å². The quantitative estimate of drug-likeness (QED) is 0.295. The molecule has 0 aliphatic heterocycles. The molecule has 0 atom stereocenters. The number of hydrogen-bond donors (Lipinski definition) is 0. The van der Waals surface area contributed by atoms with Crippen molar-refractivity contribution in [1.29, 1.82) is 0 Å². The van der Waals surface area contributed by atoms with Gasteiger partial charge in [-0.15, -0.1) is 0 Å². The van der Waals surface area contributed by atoms with E-state index >= 15 is 0 Å². The van der Waals surface area contributed by atoms with E-state index in [1.807, 2.05) is 0 Å². The van der Waals surface area contributed by atoms with Gasteiger partial charge in [-0.1, -0.05) is 0 Å². The van der Waals surface area contributed by atoms with E-state index in [1.54, 1.807) is 0 Å². The van der Waals surface area contributed by atoms with Crippen LogP contribution in [0.3, 0.4) is 0 Å². The van der Waals surface area contributed by atoms with Crippen LogP contribution in [0.1, 0.15) is 0 Å². The molecule has 0 bridgehead atoms. The molecule has 3 nitrogen and oxygen atoms in total. The first kappa shape index (κ1) is 22.5. The third-order valence-electron chi connectivity index (χ3n) is 0. The average Bonchev–Trinajstić information content (AvgIpc) is 0.811. The molecule has 0 unspecified atom stereocenters. The van der Waals surface area contributed by atoms with E-state index in [4.69, 9.17) is 10.7 Å². The molecule has 0 saturated heterocycles. The summed E-state index contributed by atoms with van der Waals surface area (Å²) < 4.78 is 25.8. The molecule has 0 fully saturated rings. The molecule has 0 amide bonds.